The zero-order valence-corrected chi connectivity index (χ0v) is 17.8. The van der Waals surface area contributed by atoms with Gasteiger partial charge in [-0.1, -0.05) is 19.1 Å². The third kappa shape index (κ3) is 6.50. The Hall–Kier alpha value is -3.00. The van der Waals surface area contributed by atoms with Gasteiger partial charge in [-0.3, -0.25) is 4.79 Å². The average Bonchev–Trinajstić information content (AvgIpc) is 3.17. The number of ether oxygens (including phenoxy) is 1. The molecule has 1 aliphatic carbocycles. The fourth-order valence-electron chi connectivity index (χ4n) is 3.57. The van der Waals surface area contributed by atoms with E-state index < -0.39 is 11.7 Å². The van der Waals surface area contributed by atoms with E-state index in [2.05, 4.69) is 17.2 Å². The molecule has 0 atom stereocenters. The highest BCUT2D eigenvalue weighted by Gasteiger charge is 2.29. The number of aliphatic hydroxyl groups excluding tert-OH is 1. The van der Waals surface area contributed by atoms with E-state index in [9.17, 15) is 18.0 Å². The summed E-state index contributed by atoms with van der Waals surface area (Å²) >= 11 is 0. The predicted molar refractivity (Wildman–Crippen MR) is 117 cm³/mol. The molecule has 3 N–H and O–H groups in total. The molecule has 0 bridgehead atoms. The Kier molecular flexibility index (Phi) is 7.80. The smallest absolute Gasteiger partial charge is 0.416 e. The zero-order valence-electron chi connectivity index (χ0n) is 17.8. The summed E-state index contributed by atoms with van der Waals surface area (Å²) in [7, 11) is 0. The Labute approximate surface area is 184 Å². The molecule has 1 heterocycles. The van der Waals surface area contributed by atoms with Gasteiger partial charge in [0.15, 0.2) is 0 Å². The number of benzene rings is 2. The van der Waals surface area contributed by atoms with Crippen LogP contribution in [0.25, 0.3) is 10.9 Å². The van der Waals surface area contributed by atoms with Crippen molar-refractivity contribution in [2.24, 2.45) is 5.92 Å². The quantitative estimate of drug-likeness (QED) is 0.426. The molecule has 5 nitrogen and oxygen atoms in total. The van der Waals surface area contributed by atoms with E-state index in [4.69, 9.17) is 9.84 Å². The van der Waals surface area contributed by atoms with Crippen molar-refractivity contribution >= 4 is 23.0 Å². The van der Waals surface area contributed by atoms with Gasteiger partial charge < -0.3 is 20.1 Å². The van der Waals surface area contributed by atoms with Crippen LogP contribution in [0, 0.1) is 5.92 Å². The van der Waals surface area contributed by atoms with Crippen LogP contribution in [0.5, 0.6) is 5.75 Å². The number of hydrogen-bond donors (Lipinski definition) is 3. The van der Waals surface area contributed by atoms with E-state index in [-0.39, 0.29) is 12.7 Å². The van der Waals surface area contributed by atoms with E-state index in [1.165, 1.54) is 25.0 Å². The maximum Gasteiger partial charge on any atom is 0.416 e. The highest BCUT2D eigenvalue weighted by atomic mass is 19.4. The Morgan fingerprint density at radius 3 is 2.41 bits per heavy atom. The molecule has 0 radical (unpaired) electrons. The summed E-state index contributed by atoms with van der Waals surface area (Å²) in [5, 5.41) is 12.4. The number of fused-ring (bicyclic) bond motifs is 1. The lowest BCUT2D eigenvalue weighted by Gasteiger charge is -2.21. The molecule has 0 unspecified atom stereocenters. The SMILES string of the molecule is CC1CCC(O)CC1.O=CNc1c[nH]c2ccc(OCc3ccc(C(F)(F)F)cc3)cc12. The number of carbonyl (C=O) groups excluding carboxylic acids is 1. The molecule has 1 amide bonds. The minimum Gasteiger partial charge on any atom is -0.489 e. The van der Waals surface area contributed by atoms with Gasteiger partial charge >= 0.3 is 6.18 Å². The number of hydrogen-bond acceptors (Lipinski definition) is 3. The van der Waals surface area contributed by atoms with Gasteiger partial charge in [0, 0.05) is 17.1 Å². The summed E-state index contributed by atoms with van der Waals surface area (Å²) in [5.41, 5.74) is 1.40. The number of alkyl halides is 3. The molecular weight excluding hydrogens is 421 g/mol. The third-order valence-corrected chi connectivity index (χ3v) is 5.54. The van der Waals surface area contributed by atoms with E-state index in [0.717, 1.165) is 41.8 Å². The normalized spacial score (nSPS) is 18.5. The Bertz CT molecular complexity index is 997. The molecule has 0 saturated heterocycles. The largest absolute Gasteiger partial charge is 0.489 e. The van der Waals surface area contributed by atoms with E-state index in [0.29, 0.717) is 23.4 Å². The Morgan fingerprint density at radius 2 is 1.81 bits per heavy atom. The molecule has 3 aromatic rings. The van der Waals surface area contributed by atoms with Crippen LogP contribution >= 0.6 is 0 Å². The molecule has 1 fully saturated rings. The first-order valence-electron chi connectivity index (χ1n) is 10.5. The minimum absolute atomic E-state index is 0.0196. The van der Waals surface area contributed by atoms with Gasteiger partial charge in [-0.2, -0.15) is 13.2 Å². The summed E-state index contributed by atoms with van der Waals surface area (Å²) in [6.45, 7) is 2.40. The topological polar surface area (TPSA) is 74.4 Å². The fourth-order valence-corrected chi connectivity index (χ4v) is 3.57. The first-order valence-corrected chi connectivity index (χ1v) is 10.5. The van der Waals surface area contributed by atoms with Crippen LogP contribution in [-0.2, 0) is 17.6 Å². The number of H-pyrrole nitrogens is 1. The van der Waals surface area contributed by atoms with Crippen molar-refractivity contribution in [3.63, 3.8) is 0 Å². The summed E-state index contributed by atoms with van der Waals surface area (Å²) in [4.78, 5) is 13.6. The Balaban J connectivity index is 0.000000305. The minimum atomic E-state index is -4.35. The van der Waals surface area contributed by atoms with Crippen molar-refractivity contribution < 1.29 is 27.8 Å². The number of aromatic nitrogens is 1. The van der Waals surface area contributed by atoms with Crippen molar-refractivity contribution in [1.29, 1.82) is 0 Å². The maximum atomic E-state index is 12.5. The van der Waals surface area contributed by atoms with E-state index in [1.807, 2.05) is 0 Å². The highest BCUT2D eigenvalue weighted by molar-refractivity contribution is 5.97. The third-order valence-electron chi connectivity index (χ3n) is 5.54. The molecule has 4 rings (SSSR count). The van der Waals surface area contributed by atoms with E-state index >= 15 is 0 Å². The number of amides is 1. The Morgan fingerprint density at radius 1 is 1.12 bits per heavy atom. The molecule has 1 aliphatic rings. The standard InChI is InChI=1S/C17H13F3N2O2.C7H14O/c18-17(19,20)12-3-1-11(2-4-12)9-24-13-5-6-15-14(7-13)16(8-21-15)22-10-23;1-6-2-4-7(8)5-3-6/h1-8,10,21H,9H2,(H,22,23);6-8H,2-5H2,1H3. The fraction of sp³-hybridized carbons (Fsp3) is 0.375. The number of halogens is 3. The van der Waals surface area contributed by atoms with Gasteiger partial charge in [0.2, 0.25) is 6.41 Å². The van der Waals surface area contributed by atoms with Crippen molar-refractivity contribution in [1.82, 2.24) is 4.98 Å². The van der Waals surface area contributed by atoms with Crippen LogP contribution in [0.2, 0.25) is 0 Å². The number of carbonyl (C=O) groups is 1. The lowest BCUT2D eigenvalue weighted by atomic mass is 9.89. The first-order chi connectivity index (χ1) is 15.3. The molecule has 0 spiro atoms. The second-order valence-electron chi connectivity index (χ2n) is 8.07. The molecule has 8 heteroatoms. The zero-order chi connectivity index (χ0) is 23.1. The average molecular weight is 448 g/mol. The first kappa shape index (κ1) is 23.7. The second-order valence-corrected chi connectivity index (χ2v) is 8.07. The van der Waals surface area contributed by atoms with Crippen molar-refractivity contribution in [2.75, 3.05) is 5.32 Å². The number of anilines is 1. The lowest BCUT2D eigenvalue weighted by molar-refractivity contribution is -0.137. The summed E-state index contributed by atoms with van der Waals surface area (Å²) < 4.78 is 43.2. The molecular formula is C24H27F3N2O3. The number of rotatable bonds is 5. The lowest BCUT2D eigenvalue weighted by Crippen LogP contribution is -2.15. The van der Waals surface area contributed by atoms with Crippen LogP contribution in [0.3, 0.4) is 0 Å². The predicted octanol–water partition coefficient (Wildman–Crippen LogP) is 5.89. The van der Waals surface area contributed by atoms with Crippen LogP contribution < -0.4 is 10.1 Å². The van der Waals surface area contributed by atoms with Gasteiger partial charge in [-0.05, 0) is 67.5 Å². The van der Waals surface area contributed by atoms with Crippen LogP contribution in [0.1, 0.15) is 43.7 Å². The van der Waals surface area contributed by atoms with E-state index in [1.54, 1.807) is 24.4 Å². The molecule has 1 aromatic heterocycles. The van der Waals surface area contributed by atoms with Crippen LogP contribution in [0.15, 0.2) is 48.7 Å². The summed E-state index contributed by atoms with van der Waals surface area (Å²) in [5.74, 6) is 1.41. The molecule has 1 saturated carbocycles. The van der Waals surface area contributed by atoms with Crippen molar-refractivity contribution in [3.05, 3.63) is 59.8 Å². The molecule has 2 aromatic carbocycles. The monoisotopic (exact) mass is 448 g/mol. The van der Waals surface area contributed by atoms with Gasteiger partial charge in [0.1, 0.15) is 12.4 Å². The van der Waals surface area contributed by atoms with Gasteiger partial charge in [-0.15, -0.1) is 0 Å². The van der Waals surface area contributed by atoms with Crippen molar-refractivity contribution in [2.45, 2.75) is 51.5 Å². The molecule has 32 heavy (non-hydrogen) atoms. The summed E-state index contributed by atoms with van der Waals surface area (Å²) in [6.07, 6.45) is 2.42. The van der Waals surface area contributed by atoms with Gasteiger partial charge in [0.05, 0.1) is 17.4 Å². The number of aromatic amines is 1. The second kappa shape index (κ2) is 10.5. The maximum absolute atomic E-state index is 12.5. The number of nitrogens with one attached hydrogen (secondary N) is 2. The van der Waals surface area contributed by atoms with Gasteiger partial charge in [-0.25, -0.2) is 0 Å². The van der Waals surface area contributed by atoms with Crippen LogP contribution in [0.4, 0.5) is 18.9 Å². The molecule has 0 aliphatic heterocycles. The van der Waals surface area contributed by atoms with Crippen molar-refractivity contribution in [3.8, 4) is 5.75 Å². The molecule has 172 valence electrons. The highest BCUT2D eigenvalue weighted by Crippen LogP contribution is 2.30. The number of aliphatic hydroxyl groups is 1. The summed E-state index contributed by atoms with van der Waals surface area (Å²) in [6, 6.07) is 10.1. The van der Waals surface area contributed by atoms with Crippen LogP contribution in [-0.4, -0.2) is 22.6 Å². The van der Waals surface area contributed by atoms with Gasteiger partial charge in [0.25, 0.3) is 0 Å².